The van der Waals surface area contributed by atoms with E-state index in [-0.39, 0.29) is 30.4 Å². The predicted molar refractivity (Wildman–Crippen MR) is 89.5 cm³/mol. The van der Waals surface area contributed by atoms with Crippen LogP contribution in [0.3, 0.4) is 0 Å². The molecule has 1 unspecified atom stereocenters. The van der Waals surface area contributed by atoms with Crippen molar-refractivity contribution >= 4 is 29.2 Å². The van der Waals surface area contributed by atoms with E-state index in [1.807, 2.05) is 13.0 Å². The minimum absolute atomic E-state index is 0.133. The summed E-state index contributed by atoms with van der Waals surface area (Å²) in [6, 6.07) is 8.86. The van der Waals surface area contributed by atoms with Crippen molar-refractivity contribution in [1.82, 2.24) is 5.32 Å². The fraction of sp³-hybridized carbons (Fsp3) is 0.412. The number of hydrogen-bond donors (Lipinski definition) is 1. The third-order valence-corrected chi connectivity index (χ3v) is 3.47. The van der Waals surface area contributed by atoms with E-state index in [4.69, 9.17) is 4.74 Å². The maximum atomic E-state index is 12.2. The highest BCUT2D eigenvalue weighted by Crippen LogP contribution is 2.20. The van der Waals surface area contributed by atoms with E-state index in [0.717, 1.165) is 6.42 Å². The molecule has 1 atom stereocenters. The Hall–Kier alpha value is -2.70. The van der Waals surface area contributed by atoms with Gasteiger partial charge < -0.3 is 10.1 Å². The number of hydrazone groups is 1. The van der Waals surface area contributed by atoms with Crippen LogP contribution in [0.25, 0.3) is 0 Å². The van der Waals surface area contributed by atoms with Crippen molar-refractivity contribution in [1.29, 1.82) is 0 Å². The number of hydrogen-bond acceptors (Lipinski definition) is 5. The van der Waals surface area contributed by atoms with E-state index in [9.17, 15) is 14.4 Å². The summed E-state index contributed by atoms with van der Waals surface area (Å²) >= 11 is 0. The number of nitrogens with one attached hydrogen (secondary N) is 1. The van der Waals surface area contributed by atoms with Gasteiger partial charge in [0.15, 0.2) is 6.10 Å². The molecule has 0 fully saturated rings. The van der Waals surface area contributed by atoms with Crippen LogP contribution >= 0.6 is 0 Å². The number of carbonyl (C=O) groups is 3. The van der Waals surface area contributed by atoms with Gasteiger partial charge in [-0.1, -0.05) is 25.1 Å². The number of ether oxygens (including phenoxy) is 1. The molecule has 1 heterocycles. The van der Waals surface area contributed by atoms with Crippen molar-refractivity contribution < 1.29 is 19.1 Å². The van der Waals surface area contributed by atoms with Crippen LogP contribution in [0.1, 0.15) is 33.1 Å². The number of para-hydroxylation sites is 1. The standard InChI is InChI=1S/C17H21N3O4/c1-3-11-18-16(22)12(2)24-17(23)14-9-10-15(21)20(19-14)13-7-5-4-6-8-13/h4-8,12H,3,9-11H2,1-2H3,(H,18,22). The number of anilines is 1. The number of nitrogens with zero attached hydrogens (tertiary/aromatic N) is 2. The second-order valence-electron chi connectivity index (χ2n) is 5.43. The Kier molecular flexibility index (Phi) is 6.06. The molecule has 0 bridgehead atoms. The predicted octanol–water partition coefficient (Wildman–Crippen LogP) is 1.63. The Morgan fingerprint density at radius 1 is 1.29 bits per heavy atom. The van der Waals surface area contributed by atoms with Crippen LogP contribution in [0.4, 0.5) is 5.69 Å². The Labute approximate surface area is 140 Å². The minimum Gasteiger partial charge on any atom is -0.448 e. The average Bonchev–Trinajstić information content (AvgIpc) is 2.60. The lowest BCUT2D eigenvalue weighted by molar-refractivity contribution is -0.148. The van der Waals surface area contributed by atoms with Crippen LogP contribution < -0.4 is 10.3 Å². The highest BCUT2D eigenvalue weighted by Gasteiger charge is 2.28. The molecule has 0 spiro atoms. The Morgan fingerprint density at radius 3 is 2.67 bits per heavy atom. The van der Waals surface area contributed by atoms with Crippen LogP contribution in [0.15, 0.2) is 35.4 Å². The van der Waals surface area contributed by atoms with E-state index in [0.29, 0.717) is 12.2 Å². The van der Waals surface area contributed by atoms with E-state index in [1.54, 1.807) is 24.3 Å². The summed E-state index contributed by atoms with van der Waals surface area (Å²) in [6.07, 6.45) is 0.256. The van der Waals surface area contributed by atoms with Gasteiger partial charge >= 0.3 is 5.97 Å². The van der Waals surface area contributed by atoms with Crippen molar-refractivity contribution in [3.8, 4) is 0 Å². The van der Waals surface area contributed by atoms with Crippen LogP contribution in [0.2, 0.25) is 0 Å². The summed E-state index contributed by atoms with van der Waals surface area (Å²) in [5.41, 5.74) is 0.717. The number of amides is 2. The highest BCUT2D eigenvalue weighted by molar-refractivity contribution is 6.38. The number of carbonyl (C=O) groups excluding carboxylic acids is 3. The van der Waals surface area contributed by atoms with Gasteiger partial charge in [-0.25, -0.2) is 9.80 Å². The van der Waals surface area contributed by atoms with Gasteiger partial charge in [-0.15, -0.1) is 0 Å². The van der Waals surface area contributed by atoms with Crippen molar-refractivity contribution in [3.05, 3.63) is 30.3 Å². The summed E-state index contributed by atoms with van der Waals surface area (Å²) in [6.45, 7) is 3.97. The monoisotopic (exact) mass is 331 g/mol. The summed E-state index contributed by atoms with van der Waals surface area (Å²) < 4.78 is 5.15. The molecule has 0 aliphatic carbocycles. The molecule has 1 aromatic rings. The van der Waals surface area contributed by atoms with E-state index >= 15 is 0 Å². The molecule has 1 N–H and O–H groups in total. The van der Waals surface area contributed by atoms with Crippen molar-refractivity contribution in [3.63, 3.8) is 0 Å². The maximum absolute atomic E-state index is 12.2. The maximum Gasteiger partial charge on any atom is 0.355 e. The first-order chi connectivity index (χ1) is 11.5. The fourth-order valence-corrected chi connectivity index (χ4v) is 2.15. The van der Waals surface area contributed by atoms with Gasteiger partial charge in [0.05, 0.1) is 5.69 Å². The quantitative estimate of drug-likeness (QED) is 0.803. The number of benzene rings is 1. The fourth-order valence-electron chi connectivity index (χ4n) is 2.15. The molecule has 7 nitrogen and oxygen atoms in total. The summed E-state index contributed by atoms with van der Waals surface area (Å²) in [5.74, 6) is -1.22. The van der Waals surface area contributed by atoms with E-state index in [2.05, 4.69) is 10.4 Å². The third-order valence-electron chi connectivity index (χ3n) is 3.47. The summed E-state index contributed by atoms with van der Waals surface area (Å²) in [4.78, 5) is 36.0. The number of esters is 1. The Morgan fingerprint density at radius 2 is 2.00 bits per heavy atom. The molecule has 1 aromatic carbocycles. The SMILES string of the molecule is CCCNC(=O)C(C)OC(=O)C1=NN(c2ccccc2)C(=O)CC1. The zero-order chi connectivity index (χ0) is 17.5. The molecular weight excluding hydrogens is 310 g/mol. The van der Waals surface area contributed by atoms with Crippen LogP contribution in [0.5, 0.6) is 0 Å². The van der Waals surface area contributed by atoms with Crippen molar-refractivity contribution in [2.75, 3.05) is 11.6 Å². The van der Waals surface area contributed by atoms with Crippen LogP contribution in [0, 0.1) is 0 Å². The largest absolute Gasteiger partial charge is 0.448 e. The number of rotatable bonds is 6. The molecule has 1 aliphatic rings. The summed E-state index contributed by atoms with van der Waals surface area (Å²) in [7, 11) is 0. The molecule has 0 radical (unpaired) electrons. The van der Waals surface area contributed by atoms with Gasteiger partial charge in [0.1, 0.15) is 5.71 Å². The molecule has 2 rings (SSSR count). The molecule has 128 valence electrons. The molecule has 24 heavy (non-hydrogen) atoms. The van der Waals surface area contributed by atoms with Crippen LogP contribution in [-0.4, -0.2) is 36.1 Å². The van der Waals surface area contributed by atoms with Crippen molar-refractivity contribution in [2.24, 2.45) is 5.10 Å². The lowest BCUT2D eigenvalue weighted by Gasteiger charge is -2.23. The molecule has 2 amide bonds. The van der Waals surface area contributed by atoms with Gasteiger partial charge in [-0.3, -0.25) is 9.59 Å². The second-order valence-corrected chi connectivity index (χ2v) is 5.43. The Balaban J connectivity index is 2.06. The van der Waals surface area contributed by atoms with Crippen LogP contribution in [-0.2, 0) is 19.1 Å². The van der Waals surface area contributed by atoms with Gasteiger partial charge in [0.25, 0.3) is 5.91 Å². The zero-order valence-corrected chi connectivity index (χ0v) is 13.8. The minimum atomic E-state index is -0.908. The average molecular weight is 331 g/mol. The molecular formula is C17H21N3O4. The first-order valence-electron chi connectivity index (χ1n) is 7.97. The van der Waals surface area contributed by atoms with E-state index in [1.165, 1.54) is 11.9 Å². The van der Waals surface area contributed by atoms with Gasteiger partial charge in [-0.05, 0) is 25.5 Å². The smallest absolute Gasteiger partial charge is 0.355 e. The highest BCUT2D eigenvalue weighted by atomic mass is 16.5. The first-order valence-corrected chi connectivity index (χ1v) is 7.97. The molecule has 0 aromatic heterocycles. The second kappa shape index (κ2) is 8.24. The lowest BCUT2D eigenvalue weighted by atomic mass is 10.1. The van der Waals surface area contributed by atoms with Gasteiger partial charge in [0, 0.05) is 19.4 Å². The Bertz CT molecular complexity index is 642. The van der Waals surface area contributed by atoms with Crippen molar-refractivity contribution in [2.45, 2.75) is 39.2 Å². The zero-order valence-electron chi connectivity index (χ0n) is 13.8. The summed E-state index contributed by atoms with van der Waals surface area (Å²) in [5, 5.41) is 7.96. The molecule has 1 aliphatic heterocycles. The van der Waals surface area contributed by atoms with E-state index < -0.39 is 12.1 Å². The molecule has 0 saturated heterocycles. The van der Waals surface area contributed by atoms with Gasteiger partial charge in [0.2, 0.25) is 5.91 Å². The first kappa shape index (κ1) is 17.7. The van der Waals surface area contributed by atoms with Gasteiger partial charge in [-0.2, -0.15) is 5.10 Å². The lowest BCUT2D eigenvalue weighted by Crippen LogP contribution is -2.39. The topological polar surface area (TPSA) is 88.1 Å². The third kappa shape index (κ3) is 4.41. The molecule has 7 heteroatoms. The molecule has 0 saturated carbocycles. The normalized spacial score (nSPS) is 15.5.